The molecule has 0 radical (unpaired) electrons. The first-order valence-electron chi connectivity index (χ1n) is 4.13. The lowest BCUT2D eigenvalue weighted by Crippen LogP contribution is -1.99. The van der Waals surface area contributed by atoms with E-state index in [1.807, 2.05) is 0 Å². The lowest BCUT2D eigenvalue weighted by molar-refractivity contribution is 0.107. The SMILES string of the molecule is COc1cc(OC)c(OC)c(C(=O)Cl)c1. The van der Waals surface area contributed by atoms with Crippen LogP contribution in [0.15, 0.2) is 12.1 Å². The van der Waals surface area contributed by atoms with Crippen molar-refractivity contribution in [2.75, 3.05) is 21.3 Å². The van der Waals surface area contributed by atoms with E-state index in [-0.39, 0.29) is 5.56 Å². The van der Waals surface area contributed by atoms with Crippen molar-refractivity contribution in [3.63, 3.8) is 0 Å². The highest BCUT2D eigenvalue weighted by molar-refractivity contribution is 6.68. The van der Waals surface area contributed by atoms with Crippen LogP contribution in [0.1, 0.15) is 10.4 Å². The summed E-state index contributed by atoms with van der Waals surface area (Å²) in [7, 11) is 4.40. The van der Waals surface area contributed by atoms with Gasteiger partial charge >= 0.3 is 0 Å². The topological polar surface area (TPSA) is 44.8 Å². The molecule has 0 heterocycles. The highest BCUT2D eigenvalue weighted by atomic mass is 35.5. The first kappa shape index (κ1) is 11.7. The predicted molar refractivity (Wildman–Crippen MR) is 56.3 cm³/mol. The molecule has 0 aliphatic heterocycles. The van der Waals surface area contributed by atoms with Gasteiger partial charge in [-0.2, -0.15) is 0 Å². The van der Waals surface area contributed by atoms with Crippen molar-refractivity contribution in [1.29, 1.82) is 0 Å². The smallest absolute Gasteiger partial charge is 0.256 e. The zero-order valence-corrected chi connectivity index (χ0v) is 9.42. The van der Waals surface area contributed by atoms with Crippen molar-refractivity contribution in [3.05, 3.63) is 17.7 Å². The fourth-order valence-electron chi connectivity index (χ4n) is 1.20. The number of carbonyl (C=O) groups is 1. The Labute approximate surface area is 92.7 Å². The molecule has 0 saturated heterocycles. The Bertz CT molecular complexity index is 376. The second-order valence-electron chi connectivity index (χ2n) is 2.68. The molecule has 0 unspecified atom stereocenters. The maximum absolute atomic E-state index is 11.1. The van der Waals surface area contributed by atoms with Gasteiger partial charge in [0, 0.05) is 6.07 Å². The molecule has 1 rings (SSSR count). The van der Waals surface area contributed by atoms with Crippen molar-refractivity contribution in [2.24, 2.45) is 0 Å². The molecule has 0 fully saturated rings. The molecule has 0 atom stereocenters. The van der Waals surface area contributed by atoms with E-state index in [4.69, 9.17) is 25.8 Å². The Morgan fingerprint density at radius 2 is 1.80 bits per heavy atom. The molecule has 0 spiro atoms. The first-order valence-corrected chi connectivity index (χ1v) is 4.51. The highest BCUT2D eigenvalue weighted by Crippen LogP contribution is 2.36. The summed E-state index contributed by atoms with van der Waals surface area (Å²) in [5.74, 6) is 1.19. The van der Waals surface area contributed by atoms with E-state index in [0.29, 0.717) is 17.2 Å². The zero-order valence-electron chi connectivity index (χ0n) is 8.67. The van der Waals surface area contributed by atoms with Gasteiger partial charge in [-0.3, -0.25) is 4.79 Å². The quantitative estimate of drug-likeness (QED) is 0.743. The van der Waals surface area contributed by atoms with Gasteiger partial charge in [-0.25, -0.2) is 0 Å². The molecule has 0 aliphatic carbocycles. The molecule has 0 aliphatic rings. The van der Waals surface area contributed by atoms with Crippen LogP contribution in [0, 0.1) is 0 Å². The molecular weight excluding hydrogens is 220 g/mol. The molecule has 0 bridgehead atoms. The molecular formula is C10H11ClO4. The number of benzene rings is 1. The largest absolute Gasteiger partial charge is 0.497 e. The minimum absolute atomic E-state index is 0.218. The Hall–Kier alpha value is -1.42. The fourth-order valence-corrected chi connectivity index (χ4v) is 1.34. The van der Waals surface area contributed by atoms with Crippen LogP contribution in [0.4, 0.5) is 0 Å². The second-order valence-corrected chi connectivity index (χ2v) is 3.03. The minimum Gasteiger partial charge on any atom is -0.497 e. The maximum Gasteiger partial charge on any atom is 0.256 e. The van der Waals surface area contributed by atoms with Gasteiger partial charge in [-0.05, 0) is 17.7 Å². The van der Waals surface area contributed by atoms with E-state index >= 15 is 0 Å². The molecule has 0 amide bonds. The van der Waals surface area contributed by atoms with Crippen LogP contribution >= 0.6 is 11.6 Å². The van der Waals surface area contributed by atoms with E-state index in [0.717, 1.165) is 0 Å². The van der Waals surface area contributed by atoms with Gasteiger partial charge in [0.05, 0.1) is 26.9 Å². The van der Waals surface area contributed by atoms with E-state index < -0.39 is 5.24 Å². The van der Waals surface area contributed by atoms with Crippen LogP contribution in [0.3, 0.4) is 0 Å². The zero-order chi connectivity index (χ0) is 11.4. The molecule has 0 saturated carbocycles. The lowest BCUT2D eigenvalue weighted by Gasteiger charge is -2.12. The number of methoxy groups -OCH3 is 3. The third kappa shape index (κ3) is 2.33. The number of carbonyl (C=O) groups excluding carboxylic acids is 1. The third-order valence-corrected chi connectivity index (χ3v) is 2.10. The molecule has 1 aromatic carbocycles. The van der Waals surface area contributed by atoms with Crippen LogP contribution in [-0.4, -0.2) is 26.6 Å². The maximum atomic E-state index is 11.1. The average Bonchev–Trinajstić information content (AvgIpc) is 2.26. The summed E-state index contributed by atoms with van der Waals surface area (Å²) < 4.78 is 15.1. The summed E-state index contributed by atoms with van der Waals surface area (Å²) in [6.45, 7) is 0. The average molecular weight is 231 g/mol. The Kier molecular flexibility index (Phi) is 3.80. The fraction of sp³-hybridized carbons (Fsp3) is 0.300. The van der Waals surface area contributed by atoms with Gasteiger partial charge in [-0.15, -0.1) is 0 Å². The standard InChI is InChI=1S/C10H11ClO4/c1-13-6-4-7(10(11)12)9(15-3)8(5-6)14-2/h4-5H,1-3H3. The van der Waals surface area contributed by atoms with Crippen LogP contribution < -0.4 is 14.2 Å². The highest BCUT2D eigenvalue weighted by Gasteiger charge is 2.17. The van der Waals surface area contributed by atoms with Crippen LogP contribution in [0.25, 0.3) is 0 Å². The van der Waals surface area contributed by atoms with Crippen LogP contribution in [0.5, 0.6) is 17.2 Å². The number of halogens is 1. The summed E-state index contributed by atoms with van der Waals surface area (Å²) in [5, 5.41) is -0.621. The van der Waals surface area contributed by atoms with Gasteiger partial charge in [0.25, 0.3) is 5.24 Å². The molecule has 15 heavy (non-hydrogen) atoms. The van der Waals surface area contributed by atoms with Gasteiger partial charge in [-0.1, -0.05) is 0 Å². The number of hydrogen-bond donors (Lipinski definition) is 0. The monoisotopic (exact) mass is 230 g/mol. The summed E-state index contributed by atoms with van der Waals surface area (Å²) in [4.78, 5) is 11.1. The van der Waals surface area contributed by atoms with Crippen molar-refractivity contribution in [3.8, 4) is 17.2 Å². The van der Waals surface area contributed by atoms with E-state index in [1.54, 1.807) is 6.07 Å². The van der Waals surface area contributed by atoms with Crippen LogP contribution in [0.2, 0.25) is 0 Å². The van der Waals surface area contributed by atoms with Gasteiger partial charge < -0.3 is 14.2 Å². The number of hydrogen-bond acceptors (Lipinski definition) is 4. The van der Waals surface area contributed by atoms with Gasteiger partial charge in [0.1, 0.15) is 5.75 Å². The van der Waals surface area contributed by atoms with Crippen molar-refractivity contribution >= 4 is 16.8 Å². The number of ether oxygens (including phenoxy) is 3. The number of rotatable bonds is 4. The van der Waals surface area contributed by atoms with E-state index in [2.05, 4.69) is 0 Å². The van der Waals surface area contributed by atoms with Gasteiger partial charge in [0.15, 0.2) is 11.5 Å². The molecule has 0 aromatic heterocycles. The van der Waals surface area contributed by atoms with Gasteiger partial charge in [0.2, 0.25) is 0 Å². The summed E-state index contributed by atoms with van der Waals surface area (Å²) >= 11 is 5.41. The molecule has 5 heteroatoms. The minimum atomic E-state index is -0.621. The third-order valence-electron chi connectivity index (χ3n) is 1.90. The molecule has 1 aromatic rings. The Balaban J connectivity index is 3.39. The first-order chi connectivity index (χ1) is 7.13. The molecule has 4 nitrogen and oxygen atoms in total. The molecule has 0 N–H and O–H groups in total. The summed E-state index contributed by atoms with van der Waals surface area (Å²) in [6, 6.07) is 3.11. The second kappa shape index (κ2) is 4.89. The molecule has 82 valence electrons. The Morgan fingerprint density at radius 3 is 2.20 bits per heavy atom. The predicted octanol–water partition coefficient (Wildman–Crippen LogP) is 2.09. The summed E-state index contributed by atoms with van der Waals surface area (Å²) in [5.41, 5.74) is 0.218. The lowest BCUT2D eigenvalue weighted by atomic mass is 10.2. The van der Waals surface area contributed by atoms with Crippen LogP contribution in [-0.2, 0) is 0 Å². The normalized spacial score (nSPS) is 9.60. The van der Waals surface area contributed by atoms with E-state index in [9.17, 15) is 4.79 Å². The Morgan fingerprint density at radius 1 is 1.13 bits per heavy atom. The van der Waals surface area contributed by atoms with Crippen molar-refractivity contribution < 1.29 is 19.0 Å². The van der Waals surface area contributed by atoms with E-state index in [1.165, 1.54) is 27.4 Å². The van der Waals surface area contributed by atoms with Crippen molar-refractivity contribution in [1.82, 2.24) is 0 Å². The summed E-state index contributed by atoms with van der Waals surface area (Å²) in [6.07, 6.45) is 0. The van der Waals surface area contributed by atoms with Crippen molar-refractivity contribution in [2.45, 2.75) is 0 Å².